The first-order chi connectivity index (χ1) is 9.65. The summed E-state index contributed by atoms with van der Waals surface area (Å²) in [5, 5.41) is 0.628. The minimum atomic E-state index is -0.184. The molecule has 0 aliphatic rings. The van der Waals surface area contributed by atoms with Gasteiger partial charge < -0.3 is 0 Å². The van der Waals surface area contributed by atoms with Crippen LogP contribution in [0, 0.1) is 0 Å². The van der Waals surface area contributed by atoms with Gasteiger partial charge in [0.05, 0.1) is 10.9 Å². The van der Waals surface area contributed by atoms with Crippen molar-refractivity contribution in [3.05, 3.63) is 45.1 Å². The van der Waals surface area contributed by atoms with Gasteiger partial charge in [0.2, 0.25) is 0 Å². The summed E-state index contributed by atoms with van der Waals surface area (Å²) in [5.41, 5.74) is 0.389. The molecule has 1 aromatic carbocycles. The fraction of sp³-hybridized carbons (Fsp3) is 0.500. The molecule has 0 amide bonds. The van der Waals surface area contributed by atoms with E-state index in [0.29, 0.717) is 11.9 Å². The third-order valence-corrected chi connectivity index (χ3v) is 3.86. The molecule has 2 aromatic rings. The van der Waals surface area contributed by atoms with Gasteiger partial charge in [-0.25, -0.2) is 4.79 Å². The highest BCUT2D eigenvalue weighted by Gasteiger charge is 2.17. The van der Waals surface area contributed by atoms with Gasteiger partial charge in [0.25, 0.3) is 5.56 Å². The number of aromatic nitrogens is 2. The maximum absolute atomic E-state index is 12.6. The van der Waals surface area contributed by atoms with Crippen LogP contribution in [0.1, 0.15) is 46.1 Å². The molecule has 4 heteroatoms. The van der Waals surface area contributed by atoms with E-state index in [0.717, 1.165) is 24.8 Å². The highest BCUT2D eigenvalue weighted by Crippen LogP contribution is 2.16. The molecule has 1 heterocycles. The van der Waals surface area contributed by atoms with Crippen LogP contribution < -0.4 is 11.2 Å². The van der Waals surface area contributed by atoms with Gasteiger partial charge in [-0.1, -0.05) is 32.4 Å². The number of fused-ring (bicyclic) bond motifs is 1. The third-order valence-electron chi connectivity index (χ3n) is 3.86. The molecule has 0 radical (unpaired) electrons. The van der Waals surface area contributed by atoms with E-state index in [4.69, 9.17) is 0 Å². The van der Waals surface area contributed by atoms with Crippen LogP contribution in [0.4, 0.5) is 0 Å². The molecule has 0 aliphatic heterocycles. The highest BCUT2D eigenvalue weighted by molar-refractivity contribution is 5.77. The van der Waals surface area contributed by atoms with Gasteiger partial charge in [0, 0.05) is 12.6 Å². The average molecular weight is 274 g/mol. The number of hydrogen-bond donors (Lipinski definition) is 0. The Kier molecular flexibility index (Phi) is 4.42. The SMILES string of the molecule is CCCC(CC)n1c(=O)c2ccccc2n(CC)c1=O. The van der Waals surface area contributed by atoms with Crippen molar-refractivity contribution in [3.63, 3.8) is 0 Å². The van der Waals surface area contributed by atoms with E-state index >= 15 is 0 Å². The summed E-state index contributed by atoms with van der Waals surface area (Å²) in [6, 6.07) is 7.34. The second-order valence-electron chi connectivity index (χ2n) is 5.07. The lowest BCUT2D eigenvalue weighted by Gasteiger charge is -2.19. The lowest BCUT2D eigenvalue weighted by atomic mass is 10.1. The van der Waals surface area contributed by atoms with Crippen LogP contribution in [0.3, 0.4) is 0 Å². The zero-order valence-corrected chi connectivity index (χ0v) is 12.4. The van der Waals surface area contributed by atoms with Crippen molar-refractivity contribution in [3.8, 4) is 0 Å². The molecule has 4 nitrogen and oxygen atoms in total. The minimum absolute atomic E-state index is 0.0117. The van der Waals surface area contributed by atoms with E-state index in [1.165, 1.54) is 4.57 Å². The summed E-state index contributed by atoms with van der Waals surface area (Å²) >= 11 is 0. The molecule has 0 aliphatic carbocycles. The van der Waals surface area contributed by atoms with Crippen molar-refractivity contribution in [2.45, 2.75) is 52.6 Å². The quantitative estimate of drug-likeness (QED) is 0.841. The van der Waals surface area contributed by atoms with Crippen LogP contribution in [0.5, 0.6) is 0 Å². The third kappa shape index (κ3) is 2.30. The highest BCUT2D eigenvalue weighted by atomic mass is 16.2. The van der Waals surface area contributed by atoms with Gasteiger partial charge in [-0.3, -0.25) is 13.9 Å². The Labute approximate surface area is 118 Å². The summed E-state index contributed by atoms with van der Waals surface area (Å²) in [6.07, 6.45) is 2.61. The van der Waals surface area contributed by atoms with Crippen molar-refractivity contribution in [1.29, 1.82) is 0 Å². The zero-order valence-electron chi connectivity index (χ0n) is 12.4. The Balaban J connectivity index is 2.85. The molecule has 2 rings (SSSR count). The summed E-state index contributed by atoms with van der Waals surface area (Å²) in [6.45, 7) is 6.61. The smallest absolute Gasteiger partial charge is 0.293 e. The Hall–Kier alpha value is -1.84. The van der Waals surface area contributed by atoms with Gasteiger partial charge in [-0.05, 0) is 31.9 Å². The fourth-order valence-corrected chi connectivity index (χ4v) is 2.82. The first kappa shape index (κ1) is 14.6. The standard InChI is InChI=1S/C16H22N2O2/c1-4-9-12(5-2)18-15(19)13-10-7-8-11-14(13)17(6-3)16(18)20/h7-8,10-12H,4-6,9H2,1-3H3. The van der Waals surface area contributed by atoms with Crippen molar-refractivity contribution >= 4 is 10.9 Å². The fourth-order valence-electron chi connectivity index (χ4n) is 2.82. The Morgan fingerprint density at radius 1 is 1.10 bits per heavy atom. The molecule has 108 valence electrons. The van der Waals surface area contributed by atoms with E-state index in [2.05, 4.69) is 6.92 Å². The first-order valence-corrected chi connectivity index (χ1v) is 7.39. The van der Waals surface area contributed by atoms with Gasteiger partial charge in [-0.15, -0.1) is 0 Å². The lowest BCUT2D eigenvalue weighted by molar-refractivity contribution is 0.410. The molecular formula is C16H22N2O2. The van der Waals surface area contributed by atoms with Crippen molar-refractivity contribution < 1.29 is 0 Å². The lowest BCUT2D eigenvalue weighted by Crippen LogP contribution is -2.42. The molecule has 0 N–H and O–H groups in total. The molecule has 20 heavy (non-hydrogen) atoms. The van der Waals surface area contributed by atoms with Crippen LogP contribution in [-0.2, 0) is 6.54 Å². The summed E-state index contributed by atoms with van der Waals surface area (Å²) in [5.74, 6) is 0. The normalized spacial score (nSPS) is 12.8. The van der Waals surface area contributed by atoms with E-state index in [9.17, 15) is 9.59 Å². The monoisotopic (exact) mass is 274 g/mol. The van der Waals surface area contributed by atoms with E-state index in [-0.39, 0.29) is 17.3 Å². The Morgan fingerprint density at radius 3 is 2.40 bits per heavy atom. The molecule has 0 spiro atoms. The molecule has 1 atom stereocenters. The molecular weight excluding hydrogens is 252 g/mol. The topological polar surface area (TPSA) is 44.0 Å². The molecule has 0 fully saturated rings. The van der Waals surface area contributed by atoms with Crippen LogP contribution in [0.25, 0.3) is 10.9 Å². The van der Waals surface area contributed by atoms with Crippen LogP contribution in [0.15, 0.2) is 33.9 Å². The second-order valence-corrected chi connectivity index (χ2v) is 5.07. The van der Waals surface area contributed by atoms with Gasteiger partial charge in [-0.2, -0.15) is 0 Å². The predicted octanol–water partition coefficient (Wildman–Crippen LogP) is 2.93. The molecule has 1 aromatic heterocycles. The Morgan fingerprint density at radius 2 is 1.80 bits per heavy atom. The number of benzene rings is 1. The largest absolute Gasteiger partial charge is 0.331 e. The minimum Gasteiger partial charge on any atom is -0.293 e. The number of rotatable bonds is 5. The van der Waals surface area contributed by atoms with Crippen molar-refractivity contribution in [2.24, 2.45) is 0 Å². The zero-order chi connectivity index (χ0) is 14.7. The number of aryl methyl sites for hydroxylation is 1. The molecule has 0 saturated heterocycles. The average Bonchev–Trinajstić information content (AvgIpc) is 2.47. The molecule has 0 bridgehead atoms. The Bertz CT molecular complexity index is 712. The maximum atomic E-state index is 12.6. The van der Waals surface area contributed by atoms with Gasteiger partial charge in [0.1, 0.15) is 0 Å². The first-order valence-electron chi connectivity index (χ1n) is 7.39. The van der Waals surface area contributed by atoms with E-state index in [1.807, 2.05) is 32.0 Å². The van der Waals surface area contributed by atoms with Gasteiger partial charge >= 0.3 is 5.69 Å². The van der Waals surface area contributed by atoms with E-state index in [1.54, 1.807) is 10.6 Å². The second kappa shape index (κ2) is 6.07. The van der Waals surface area contributed by atoms with Gasteiger partial charge in [0.15, 0.2) is 0 Å². The predicted molar refractivity (Wildman–Crippen MR) is 82.4 cm³/mol. The van der Waals surface area contributed by atoms with Crippen molar-refractivity contribution in [2.75, 3.05) is 0 Å². The van der Waals surface area contributed by atoms with E-state index < -0.39 is 0 Å². The molecule has 0 saturated carbocycles. The molecule has 1 unspecified atom stereocenters. The van der Waals surface area contributed by atoms with Crippen LogP contribution >= 0.6 is 0 Å². The van der Waals surface area contributed by atoms with Crippen LogP contribution in [-0.4, -0.2) is 9.13 Å². The number of hydrogen-bond acceptors (Lipinski definition) is 2. The van der Waals surface area contributed by atoms with Crippen molar-refractivity contribution in [1.82, 2.24) is 9.13 Å². The maximum Gasteiger partial charge on any atom is 0.331 e. The summed E-state index contributed by atoms with van der Waals surface area (Å²) in [4.78, 5) is 25.3. The number of para-hydroxylation sites is 1. The van der Waals surface area contributed by atoms with Crippen LogP contribution in [0.2, 0.25) is 0 Å². The summed E-state index contributed by atoms with van der Waals surface area (Å²) < 4.78 is 3.14. The number of nitrogens with zero attached hydrogens (tertiary/aromatic N) is 2. The summed E-state index contributed by atoms with van der Waals surface area (Å²) in [7, 11) is 0.